The van der Waals surface area contributed by atoms with Crippen LogP contribution in [-0.2, 0) is 4.79 Å². The molecule has 156 valence electrons. The molecule has 5 nitrogen and oxygen atoms in total. The number of thioether (sulfide) groups is 1. The molecule has 9 heteroatoms. The maximum absolute atomic E-state index is 12.1. The zero-order chi connectivity index (χ0) is 21.4. The van der Waals surface area contributed by atoms with E-state index >= 15 is 0 Å². The van der Waals surface area contributed by atoms with Gasteiger partial charge in [-0.3, -0.25) is 0 Å². The van der Waals surface area contributed by atoms with Crippen LogP contribution in [0.2, 0.25) is 0 Å². The normalized spacial score (nSPS) is 11.0. The lowest BCUT2D eigenvalue weighted by atomic mass is 10.2. The average Bonchev–Trinajstić information content (AvgIpc) is 2.63. The fourth-order valence-electron chi connectivity index (χ4n) is 2.16. The quantitative estimate of drug-likeness (QED) is 0.420. The summed E-state index contributed by atoms with van der Waals surface area (Å²) in [5, 5.41) is 8.65. The maximum atomic E-state index is 12.1. The summed E-state index contributed by atoms with van der Waals surface area (Å²) in [6.07, 6.45) is -4.73. The maximum Gasteiger partial charge on any atom is 0.573 e. The number of halogens is 3. The molecule has 0 saturated carbocycles. The number of benzene rings is 2. The summed E-state index contributed by atoms with van der Waals surface area (Å²) >= 11 is 1.52. The number of rotatable bonds is 10. The van der Waals surface area contributed by atoms with Crippen LogP contribution in [0.15, 0.2) is 59.5 Å². The highest BCUT2D eigenvalue weighted by atomic mass is 32.2. The van der Waals surface area contributed by atoms with Gasteiger partial charge in [0.25, 0.3) is 0 Å². The Kier molecular flexibility index (Phi) is 7.83. The second-order valence-corrected chi connectivity index (χ2v) is 7.01. The van der Waals surface area contributed by atoms with Crippen LogP contribution in [0.4, 0.5) is 13.2 Å². The first kappa shape index (κ1) is 22.5. The summed E-state index contributed by atoms with van der Waals surface area (Å²) in [4.78, 5) is 11.5. The fourth-order valence-corrected chi connectivity index (χ4v) is 3.04. The predicted molar refractivity (Wildman–Crippen MR) is 103 cm³/mol. The predicted octanol–water partition coefficient (Wildman–Crippen LogP) is 5.08. The molecule has 0 heterocycles. The van der Waals surface area contributed by atoms with Crippen LogP contribution in [-0.4, -0.2) is 36.4 Å². The van der Waals surface area contributed by atoms with E-state index in [4.69, 9.17) is 14.6 Å². The molecule has 0 aliphatic rings. The van der Waals surface area contributed by atoms with Crippen molar-refractivity contribution in [2.45, 2.75) is 18.2 Å². The number of hydrogen-bond donors (Lipinski definition) is 1. The van der Waals surface area contributed by atoms with Crippen LogP contribution in [0, 0.1) is 6.92 Å². The van der Waals surface area contributed by atoms with Crippen molar-refractivity contribution in [3.8, 4) is 17.2 Å². The first-order valence-corrected chi connectivity index (χ1v) is 9.34. The molecule has 0 fully saturated rings. The minimum atomic E-state index is -4.73. The van der Waals surface area contributed by atoms with Crippen LogP contribution < -0.4 is 14.2 Å². The van der Waals surface area contributed by atoms with Crippen molar-refractivity contribution < 1.29 is 37.3 Å². The van der Waals surface area contributed by atoms with Crippen molar-refractivity contribution in [3.05, 3.63) is 60.2 Å². The lowest BCUT2D eigenvalue weighted by Crippen LogP contribution is -2.16. The molecular weight excluding hydrogens is 409 g/mol. The van der Waals surface area contributed by atoms with E-state index < -0.39 is 18.9 Å². The van der Waals surface area contributed by atoms with Gasteiger partial charge in [-0.1, -0.05) is 6.58 Å². The number of hydrogen-bond acceptors (Lipinski definition) is 5. The molecule has 0 spiro atoms. The number of alkyl halides is 3. The SMILES string of the molecule is C=C(COc1ccc(OC(F)(F)F)cc1)CSc1ccc(OCC(=O)O)c(C)c1. The highest BCUT2D eigenvalue weighted by Gasteiger charge is 2.30. The molecule has 2 rings (SSSR count). The van der Waals surface area contributed by atoms with E-state index in [0.717, 1.165) is 16.0 Å². The minimum Gasteiger partial charge on any atom is -0.489 e. The number of ether oxygens (including phenoxy) is 3. The molecule has 29 heavy (non-hydrogen) atoms. The van der Waals surface area contributed by atoms with Gasteiger partial charge in [-0.05, 0) is 60.5 Å². The Morgan fingerprint density at radius 2 is 1.72 bits per heavy atom. The van der Waals surface area contributed by atoms with Gasteiger partial charge in [0, 0.05) is 10.6 Å². The van der Waals surface area contributed by atoms with Crippen molar-refractivity contribution in [2.24, 2.45) is 0 Å². The first-order chi connectivity index (χ1) is 13.6. The molecule has 0 aliphatic carbocycles. The van der Waals surface area contributed by atoms with E-state index in [-0.39, 0.29) is 12.4 Å². The Hall–Kier alpha value is -2.81. The average molecular weight is 428 g/mol. The van der Waals surface area contributed by atoms with Crippen molar-refractivity contribution in [1.29, 1.82) is 0 Å². The third kappa shape index (κ3) is 8.39. The Morgan fingerprint density at radius 1 is 1.07 bits per heavy atom. The Labute approximate surface area is 170 Å². The molecular formula is C20H19F3O5S. The highest BCUT2D eigenvalue weighted by molar-refractivity contribution is 7.99. The first-order valence-electron chi connectivity index (χ1n) is 8.35. The lowest BCUT2D eigenvalue weighted by Gasteiger charge is -2.12. The van der Waals surface area contributed by atoms with Crippen molar-refractivity contribution in [2.75, 3.05) is 19.0 Å². The smallest absolute Gasteiger partial charge is 0.489 e. The number of carboxylic acids is 1. The van der Waals surface area contributed by atoms with Crippen molar-refractivity contribution >= 4 is 17.7 Å². The second kappa shape index (κ2) is 10.1. The van der Waals surface area contributed by atoms with Gasteiger partial charge in [-0.25, -0.2) is 4.79 Å². The fraction of sp³-hybridized carbons (Fsp3) is 0.250. The van der Waals surface area contributed by atoms with E-state index in [1.54, 1.807) is 6.07 Å². The molecule has 2 aromatic rings. The number of carbonyl (C=O) groups is 1. The van der Waals surface area contributed by atoms with E-state index in [1.165, 1.54) is 36.0 Å². The van der Waals surface area contributed by atoms with Crippen LogP contribution in [0.25, 0.3) is 0 Å². The van der Waals surface area contributed by atoms with Crippen LogP contribution >= 0.6 is 11.8 Å². The van der Waals surface area contributed by atoms with E-state index in [9.17, 15) is 18.0 Å². The van der Waals surface area contributed by atoms with E-state index in [0.29, 0.717) is 17.3 Å². The summed E-state index contributed by atoms with van der Waals surface area (Å²) in [6.45, 7) is 5.57. The Bertz CT molecular complexity index is 850. The van der Waals surface area contributed by atoms with Gasteiger partial charge in [-0.2, -0.15) is 0 Å². The molecule has 1 N–H and O–H groups in total. The van der Waals surface area contributed by atoms with Crippen molar-refractivity contribution in [3.63, 3.8) is 0 Å². The van der Waals surface area contributed by atoms with Crippen LogP contribution in [0.1, 0.15) is 5.56 Å². The molecule has 0 unspecified atom stereocenters. The summed E-state index contributed by atoms with van der Waals surface area (Å²) in [6, 6.07) is 10.6. The number of aliphatic carboxylic acids is 1. The Morgan fingerprint density at radius 3 is 2.31 bits per heavy atom. The van der Waals surface area contributed by atoms with Crippen LogP contribution in [0.3, 0.4) is 0 Å². The zero-order valence-corrected chi connectivity index (χ0v) is 16.3. The molecule has 2 aromatic carbocycles. The summed E-state index contributed by atoms with van der Waals surface area (Å²) in [5.74, 6) is 0.134. The van der Waals surface area contributed by atoms with Gasteiger partial charge < -0.3 is 19.3 Å². The minimum absolute atomic E-state index is 0.214. The molecule has 0 amide bonds. The molecule has 0 radical (unpaired) electrons. The number of aryl methyl sites for hydroxylation is 1. The highest BCUT2D eigenvalue weighted by Crippen LogP contribution is 2.27. The van der Waals surface area contributed by atoms with Gasteiger partial charge >= 0.3 is 12.3 Å². The summed E-state index contributed by atoms with van der Waals surface area (Å²) in [5.41, 5.74) is 1.61. The largest absolute Gasteiger partial charge is 0.573 e. The topological polar surface area (TPSA) is 65.0 Å². The summed E-state index contributed by atoms with van der Waals surface area (Å²) < 4.78 is 50.9. The molecule has 0 aliphatic heterocycles. The Balaban J connectivity index is 1.78. The van der Waals surface area contributed by atoms with Gasteiger partial charge in [-0.15, -0.1) is 24.9 Å². The lowest BCUT2D eigenvalue weighted by molar-refractivity contribution is -0.274. The standard InChI is InChI=1S/C20H19F3O5S/c1-13(10-26-15-3-5-16(6-4-15)28-20(21,22)23)12-29-17-7-8-18(14(2)9-17)27-11-19(24)25/h3-9H,1,10-12H2,2H3,(H,24,25). The molecule has 0 saturated heterocycles. The van der Waals surface area contributed by atoms with Crippen LogP contribution in [0.5, 0.6) is 17.2 Å². The van der Waals surface area contributed by atoms with Crippen molar-refractivity contribution in [1.82, 2.24) is 0 Å². The van der Waals surface area contributed by atoms with Gasteiger partial charge in [0.15, 0.2) is 6.61 Å². The second-order valence-electron chi connectivity index (χ2n) is 5.96. The van der Waals surface area contributed by atoms with E-state index in [1.807, 2.05) is 19.1 Å². The number of carboxylic acid groups (broad SMARTS) is 1. The molecule has 0 atom stereocenters. The van der Waals surface area contributed by atoms with Gasteiger partial charge in [0.05, 0.1) is 0 Å². The molecule has 0 aromatic heterocycles. The molecule has 0 bridgehead atoms. The van der Waals surface area contributed by atoms with Gasteiger partial charge in [0.2, 0.25) is 0 Å². The zero-order valence-electron chi connectivity index (χ0n) is 15.5. The monoisotopic (exact) mass is 428 g/mol. The summed E-state index contributed by atoms with van der Waals surface area (Å²) in [7, 11) is 0. The van der Waals surface area contributed by atoms with E-state index in [2.05, 4.69) is 11.3 Å². The third-order valence-corrected chi connectivity index (χ3v) is 4.58. The third-order valence-electron chi connectivity index (χ3n) is 3.44. The van der Waals surface area contributed by atoms with Gasteiger partial charge in [0.1, 0.15) is 23.9 Å².